The van der Waals surface area contributed by atoms with Gasteiger partial charge in [-0.15, -0.1) is 0 Å². The van der Waals surface area contributed by atoms with Gasteiger partial charge in [0.05, 0.1) is 0 Å². The average molecular weight is 408 g/mol. The molecule has 6 nitrogen and oxygen atoms in total. The van der Waals surface area contributed by atoms with Crippen LogP contribution in [-0.4, -0.2) is 29.8 Å². The maximum atomic E-state index is 12.7. The Morgan fingerprint density at radius 2 is 1.67 bits per heavy atom. The van der Waals surface area contributed by atoms with Crippen LogP contribution in [0.15, 0.2) is 48.5 Å². The SMILES string of the molecule is Cc1cccc(C(=O)NC(C(=O)NCc2ccc(C(=O)NC3CC3)cc2)C(C)C)c1. The third-order valence-electron chi connectivity index (χ3n) is 5.11. The monoisotopic (exact) mass is 407 g/mol. The molecule has 0 aliphatic heterocycles. The summed E-state index contributed by atoms with van der Waals surface area (Å²) in [6.07, 6.45) is 2.10. The van der Waals surface area contributed by atoms with Gasteiger partial charge in [-0.1, -0.05) is 43.7 Å². The molecule has 3 amide bonds. The minimum Gasteiger partial charge on any atom is -0.350 e. The highest BCUT2D eigenvalue weighted by atomic mass is 16.2. The lowest BCUT2D eigenvalue weighted by molar-refractivity contribution is -0.124. The Morgan fingerprint density at radius 3 is 2.27 bits per heavy atom. The van der Waals surface area contributed by atoms with Gasteiger partial charge in [-0.25, -0.2) is 0 Å². The third-order valence-corrected chi connectivity index (χ3v) is 5.11. The van der Waals surface area contributed by atoms with Gasteiger partial charge < -0.3 is 16.0 Å². The molecule has 158 valence electrons. The molecule has 1 saturated carbocycles. The number of amides is 3. The lowest BCUT2D eigenvalue weighted by Crippen LogP contribution is -2.49. The highest BCUT2D eigenvalue weighted by Crippen LogP contribution is 2.19. The number of benzene rings is 2. The summed E-state index contributed by atoms with van der Waals surface area (Å²) >= 11 is 0. The molecule has 1 unspecified atom stereocenters. The summed E-state index contributed by atoms with van der Waals surface area (Å²) in [5, 5.41) is 8.68. The van der Waals surface area contributed by atoms with Gasteiger partial charge in [0, 0.05) is 23.7 Å². The van der Waals surface area contributed by atoms with Gasteiger partial charge in [-0.05, 0) is 55.5 Å². The van der Waals surface area contributed by atoms with E-state index in [0.717, 1.165) is 24.0 Å². The summed E-state index contributed by atoms with van der Waals surface area (Å²) < 4.78 is 0. The molecule has 0 radical (unpaired) electrons. The normalized spacial score (nSPS) is 14.1. The predicted molar refractivity (Wildman–Crippen MR) is 116 cm³/mol. The van der Waals surface area contributed by atoms with Crippen LogP contribution < -0.4 is 16.0 Å². The maximum Gasteiger partial charge on any atom is 0.251 e. The zero-order valence-electron chi connectivity index (χ0n) is 17.7. The van der Waals surface area contributed by atoms with Crippen LogP contribution in [0.3, 0.4) is 0 Å². The minimum atomic E-state index is -0.637. The molecule has 0 spiro atoms. The quantitative estimate of drug-likeness (QED) is 0.629. The standard InChI is InChI=1S/C24H29N3O3/c1-15(2)21(27-23(29)19-6-4-5-16(3)13-19)24(30)25-14-17-7-9-18(10-8-17)22(28)26-20-11-12-20/h4-10,13,15,20-21H,11-12,14H2,1-3H3,(H,25,30)(H,26,28)(H,27,29). The molecule has 1 aliphatic rings. The molecule has 30 heavy (non-hydrogen) atoms. The Labute approximate surface area is 177 Å². The minimum absolute atomic E-state index is 0.0627. The van der Waals surface area contributed by atoms with E-state index in [-0.39, 0.29) is 23.6 Å². The van der Waals surface area contributed by atoms with Crippen molar-refractivity contribution in [2.24, 2.45) is 5.92 Å². The van der Waals surface area contributed by atoms with Crippen LogP contribution in [0.1, 0.15) is 58.5 Å². The number of rotatable bonds is 8. The molecular weight excluding hydrogens is 378 g/mol. The summed E-state index contributed by atoms with van der Waals surface area (Å²) in [7, 11) is 0. The number of nitrogens with one attached hydrogen (secondary N) is 3. The van der Waals surface area contributed by atoms with Crippen molar-refractivity contribution in [2.75, 3.05) is 0 Å². The van der Waals surface area contributed by atoms with E-state index in [0.29, 0.717) is 23.7 Å². The van der Waals surface area contributed by atoms with E-state index in [1.807, 2.05) is 45.0 Å². The Morgan fingerprint density at radius 1 is 0.967 bits per heavy atom. The van der Waals surface area contributed by atoms with Crippen molar-refractivity contribution in [1.82, 2.24) is 16.0 Å². The van der Waals surface area contributed by atoms with Crippen LogP contribution in [0.4, 0.5) is 0 Å². The van der Waals surface area contributed by atoms with Crippen LogP contribution in [0.5, 0.6) is 0 Å². The number of hydrogen-bond acceptors (Lipinski definition) is 3. The molecule has 1 atom stereocenters. The van der Waals surface area contributed by atoms with E-state index in [1.54, 1.807) is 24.3 Å². The fourth-order valence-electron chi connectivity index (χ4n) is 3.12. The molecule has 0 saturated heterocycles. The van der Waals surface area contributed by atoms with E-state index < -0.39 is 6.04 Å². The fourth-order valence-corrected chi connectivity index (χ4v) is 3.12. The molecule has 2 aromatic carbocycles. The Balaban J connectivity index is 1.55. The van der Waals surface area contributed by atoms with Crippen molar-refractivity contribution >= 4 is 17.7 Å². The van der Waals surface area contributed by atoms with E-state index in [9.17, 15) is 14.4 Å². The van der Waals surface area contributed by atoms with E-state index in [4.69, 9.17) is 0 Å². The van der Waals surface area contributed by atoms with Crippen molar-refractivity contribution in [2.45, 2.75) is 52.2 Å². The van der Waals surface area contributed by atoms with Crippen molar-refractivity contribution in [3.8, 4) is 0 Å². The van der Waals surface area contributed by atoms with E-state index >= 15 is 0 Å². The van der Waals surface area contributed by atoms with Crippen LogP contribution >= 0.6 is 0 Å². The van der Waals surface area contributed by atoms with Crippen LogP contribution in [0.25, 0.3) is 0 Å². The first-order chi connectivity index (χ1) is 14.3. The van der Waals surface area contributed by atoms with Crippen molar-refractivity contribution in [3.05, 3.63) is 70.8 Å². The maximum absolute atomic E-state index is 12.7. The molecule has 0 aromatic heterocycles. The van der Waals surface area contributed by atoms with Gasteiger partial charge in [0.15, 0.2) is 0 Å². The highest BCUT2D eigenvalue weighted by Gasteiger charge is 2.25. The molecule has 0 heterocycles. The van der Waals surface area contributed by atoms with Gasteiger partial charge in [0.2, 0.25) is 5.91 Å². The zero-order valence-corrected chi connectivity index (χ0v) is 17.7. The first-order valence-electron chi connectivity index (χ1n) is 10.4. The number of carbonyl (C=O) groups excluding carboxylic acids is 3. The van der Waals surface area contributed by atoms with Crippen LogP contribution in [0, 0.1) is 12.8 Å². The first-order valence-corrected chi connectivity index (χ1v) is 10.4. The Hall–Kier alpha value is -3.15. The second kappa shape index (κ2) is 9.57. The fraction of sp³-hybridized carbons (Fsp3) is 0.375. The van der Waals surface area contributed by atoms with Crippen LogP contribution in [0.2, 0.25) is 0 Å². The number of hydrogen-bond donors (Lipinski definition) is 3. The van der Waals surface area contributed by atoms with Gasteiger partial charge in [0.1, 0.15) is 6.04 Å². The van der Waals surface area contributed by atoms with Gasteiger partial charge >= 0.3 is 0 Å². The molecule has 1 fully saturated rings. The second-order valence-corrected chi connectivity index (χ2v) is 8.23. The largest absolute Gasteiger partial charge is 0.350 e. The van der Waals surface area contributed by atoms with Gasteiger partial charge in [-0.2, -0.15) is 0 Å². The summed E-state index contributed by atoms with van der Waals surface area (Å²) in [6, 6.07) is 14.1. The number of carbonyl (C=O) groups is 3. The summed E-state index contributed by atoms with van der Waals surface area (Å²) in [4.78, 5) is 37.3. The van der Waals surface area contributed by atoms with Crippen molar-refractivity contribution in [3.63, 3.8) is 0 Å². The number of aryl methyl sites for hydroxylation is 1. The first kappa shape index (κ1) is 21.6. The summed E-state index contributed by atoms with van der Waals surface area (Å²) in [5.74, 6) is -0.626. The molecular formula is C24H29N3O3. The Kier molecular flexibility index (Phi) is 6.87. The summed E-state index contributed by atoms with van der Waals surface area (Å²) in [6.45, 7) is 6.04. The highest BCUT2D eigenvalue weighted by molar-refractivity contribution is 5.97. The second-order valence-electron chi connectivity index (χ2n) is 8.23. The lowest BCUT2D eigenvalue weighted by atomic mass is 10.0. The van der Waals surface area contributed by atoms with E-state index in [1.165, 1.54) is 0 Å². The topological polar surface area (TPSA) is 87.3 Å². The smallest absolute Gasteiger partial charge is 0.251 e. The predicted octanol–water partition coefficient (Wildman–Crippen LogP) is 2.96. The average Bonchev–Trinajstić information content (AvgIpc) is 3.54. The van der Waals surface area contributed by atoms with Crippen molar-refractivity contribution < 1.29 is 14.4 Å². The molecule has 0 bridgehead atoms. The zero-order chi connectivity index (χ0) is 21.7. The Bertz CT molecular complexity index is 918. The van der Waals surface area contributed by atoms with Gasteiger partial charge in [0.25, 0.3) is 11.8 Å². The van der Waals surface area contributed by atoms with Gasteiger partial charge in [-0.3, -0.25) is 14.4 Å². The molecule has 3 rings (SSSR count). The molecule has 1 aliphatic carbocycles. The molecule has 6 heteroatoms. The summed E-state index contributed by atoms with van der Waals surface area (Å²) in [5.41, 5.74) is 3.03. The molecule has 3 N–H and O–H groups in total. The third kappa shape index (κ3) is 5.92. The lowest BCUT2D eigenvalue weighted by Gasteiger charge is -2.22. The van der Waals surface area contributed by atoms with Crippen molar-refractivity contribution in [1.29, 1.82) is 0 Å². The van der Waals surface area contributed by atoms with Crippen LogP contribution in [-0.2, 0) is 11.3 Å². The molecule has 2 aromatic rings. The van der Waals surface area contributed by atoms with E-state index in [2.05, 4.69) is 16.0 Å².